The van der Waals surface area contributed by atoms with E-state index in [1.807, 2.05) is 20.8 Å². The summed E-state index contributed by atoms with van der Waals surface area (Å²) in [6.07, 6.45) is 0. The van der Waals surface area contributed by atoms with Crippen molar-refractivity contribution < 1.29 is 22.0 Å². The van der Waals surface area contributed by atoms with Gasteiger partial charge in [0.15, 0.2) is 23.3 Å². The molecule has 0 saturated carbocycles. The van der Waals surface area contributed by atoms with Crippen LogP contribution in [0.1, 0.15) is 26.3 Å². The molecule has 20 heavy (non-hydrogen) atoms. The van der Waals surface area contributed by atoms with E-state index >= 15 is 0 Å². The Morgan fingerprint density at radius 3 is 1.65 bits per heavy atom. The lowest BCUT2D eigenvalue weighted by molar-refractivity contribution is 0.366. The Labute approximate surface area is 114 Å². The van der Waals surface area contributed by atoms with Crippen molar-refractivity contribution in [2.75, 3.05) is 13.1 Å². The second kappa shape index (κ2) is 6.49. The van der Waals surface area contributed by atoms with E-state index < -0.39 is 41.2 Å². The molecule has 0 heterocycles. The van der Waals surface area contributed by atoms with Crippen molar-refractivity contribution >= 4 is 0 Å². The lowest BCUT2D eigenvalue weighted by atomic mass is 10.1. The summed E-state index contributed by atoms with van der Waals surface area (Å²) in [5, 5.41) is 5.74. The van der Waals surface area contributed by atoms with Gasteiger partial charge < -0.3 is 10.6 Å². The molecule has 0 fully saturated rings. The maximum absolute atomic E-state index is 13.3. The highest BCUT2D eigenvalue weighted by Crippen LogP contribution is 2.22. The quantitative estimate of drug-likeness (QED) is 0.378. The third-order valence-corrected chi connectivity index (χ3v) is 2.56. The summed E-state index contributed by atoms with van der Waals surface area (Å²) in [5.41, 5.74) is -0.969. The molecule has 1 rings (SSSR count). The van der Waals surface area contributed by atoms with E-state index in [9.17, 15) is 22.0 Å². The van der Waals surface area contributed by atoms with E-state index in [-0.39, 0.29) is 5.54 Å². The summed E-state index contributed by atoms with van der Waals surface area (Å²) in [5.74, 6) is -9.57. The van der Waals surface area contributed by atoms with Crippen LogP contribution in [0, 0.1) is 29.1 Å². The van der Waals surface area contributed by atoms with Crippen molar-refractivity contribution in [3.8, 4) is 0 Å². The van der Waals surface area contributed by atoms with Gasteiger partial charge in [0.25, 0.3) is 0 Å². The summed E-state index contributed by atoms with van der Waals surface area (Å²) >= 11 is 0. The Hall–Kier alpha value is -1.21. The Morgan fingerprint density at radius 1 is 0.750 bits per heavy atom. The molecule has 1 aromatic rings. The van der Waals surface area contributed by atoms with Crippen molar-refractivity contribution in [3.63, 3.8) is 0 Å². The number of rotatable bonds is 5. The van der Waals surface area contributed by atoms with Gasteiger partial charge in [0, 0.05) is 30.7 Å². The fourth-order valence-electron chi connectivity index (χ4n) is 1.54. The fourth-order valence-corrected chi connectivity index (χ4v) is 1.54. The molecule has 0 spiro atoms. The standard InChI is InChI=1S/C13H17F5N2/c1-13(2,3)20-5-4-19-6-7-8(14)10(16)12(18)11(17)9(7)15/h19-20H,4-6H2,1-3H3. The van der Waals surface area contributed by atoms with E-state index in [2.05, 4.69) is 10.6 Å². The molecule has 0 saturated heterocycles. The number of nitrogens with one attached hydrogen (secondary N) is 2. The van der Waals surface area contributed by atoms with Gasteiger partial charge in [-0.1, -0.05) is 0 Å². The van der Waals surface area contributed by atoms with Gasteiger partial charge >= 0.3 is 0 Å². The molecule has 0 amide bonds. The van der Waals surface area contributed by atoms with Crippen LogP contribution in [-0.2, 0) is 6.54 Å². The monoisotopic (exact) mass is 296 g/mol. The zero-order chi connectivity index (χ0) is 15.5. The van der Waals surface area contributed by atoms with Crippen LogP contribution in [0.2, 0.25) is 0 Å². The summed E-state index contributed by atoms with van der Waals surface area (Å²) in [6.45, 7) is 6.22. The Morgan fingerprint density at radius 2 is 1.20 bits per heavy atom. The molecule has 1 aromatic carbocycles. The molecular formula is C13H17F5N2. The highest BCUT2D eigenvalue weighted by atomic mass is 19.2. The van der Waals surface area contributed by atoms with Crippen LogP contribution in [-0.4, -0.2) is 18.6 Å². The van der Waals surface area contributed by atoms with Crippen LogP contribution < -0.4 is 10.6 Å². The minimum absolute atomic E-state index is 0.119. The average molecular weight is 296 g/mol. The van der Waals surface area contributed by atoms with Gasteiger partial charge in [-0.2, -0.15) is 0 Å². The van der Waals surface area contributed by atoms with Gasteiger partial charge in [-0.3, -0.25) is 0 Å². The zero-order valence-corrected chi connectivity index (χ0v) is 11.5. The molecule has 7 heteroatoms. The number of hydrogen-bond donors (Lipinski definition) is 2. The molecular weight excluding hydrogens is 279 g/mol. The van der Waals surface area contributed by atoms with Crippen LogP contribution in [0.5, 0.6) is 0 Å². The SMILES string of the molecule is CC(C)(C)NCCNCc1c(F)c(F)c(F)c(F)c1F. The minimum Gasteiger partial charge on any atom is -0.311 e. The Bertz CT molecular complexity index is 454. The topological polar surface area (TPSA) is 24.1 Å². The number of hydrogen-bond acceptors (Lipinski definition) is 2. The molecule has 2 N–H and O–H groups in total. The lowest BCUT2D eigenvalue weighted by Gasteiger charge is -2.20. The third kappa shape index (κ3) is 4.14. The third-order valence-electron chi connectivity index (χ3n) is 2.56. The van der Waals surface area contributed by atoms with Gasteiger partial charge in [-0.15, -0.1) is 0 Å². The van der Waals surface area contributed by atoms with Gasteiger partial charge in [0.2, 0.25) is 5.82 Å². The Kier molecular flexibility index (Phi) is 5.47. The molecule has 2 nitrogen and oxygen atoms in total. The molecule has 0 aliphatic carbocycles. The first-order chi connectivity index (χ1) is 9.15. The van der Waals surface area contributed by atoms with Crippen LogP contribution >= 0.6 is 0 Å². The maximum Gasteiger partial charge on any atom is 0.200 e. The number of halogens is 5. The molecule has 0 aliphatic heterocycles. The molecule has 0 aliphatic rings. The van der Waals surface area contributed by atoms with Crippen molar-refractivity contribution in [3.05, 3.63) is 34.6 Å². The second-order valence-electron chi connectivity index (χ2n) is 5.40. The Balaban J connectivity index is 2.66. The van der Waals surface area contributed by atoms with Crippen LogP contribution in [0.3, 0.4) is 0 Å². The van der Waals surface area contributed by atoms with Gasteiger partial charge in [0.05, 0.1) is 0 Å². The van der Waals surface area contributed by atoms with Crippen LogP contribution in [0.15, 0.2) is 0 Å². The van der Waals surface area contributed by atoms with Crippen molar-refractivity contribution in [2.24, 2.45) is 0 Å². The molecule has 114 valence electrons. The second-order valence-corrected chi connectivity index (χ2v) is 5.40. The highest BCUT2D eigenvalue weighted by molar-refractivity contribution is 5.23. The molecule has 0 unspecified atom stereocenters. The normalized spacial score (nSPS) is 12.0. The smallest absolute Gasteiger partial charge is 0.200 e. The van der Waals surface area contributed by atoms with Gasteiger partial charge in [-0.05, 0) is 20.8 Å². The molecule has 0 aromatic heterocycles. The first-order valence-electron chi connectivity index (χ1n) is 6.11. The predicted octanol–water partition coefficient (Wildman–Crippen LogP) is 2.86. The van der Waals surface area contributed by atoms with Gasteiger partial charge in [0.1, 0.15) is 0 Å². The van der Waals surface area contributed by atoms with Crippen LogP contribution in [0.4, 0.5) is 22.0 Å². The summed E-state index contributed by atoms with van der Waals surface area (Å²) in [4.78, 5) is 0. The fraction of sp³-hybridized carbons (Fsp3) is 0.538. The van der Waals surface area contributed by atoms with E-state index in [1.165, 1.54) is 0 Å². The lowest BCUT2D eigenvalue weighted by Crippen LogP contribution is -2.40. The first kappa shape index (κ1) is 16.8. The molecule has 0 radical (unpaired) electrons. The largest absolute Gasteiger partial charge is 0.311 e. The minimum atomic E-state index is -2.14. The van der Waals surface area contributed by atoms with Crippen molar-refractivity contribution in [1.29, 1.82) is 0 Å². The summed E-state index contributed by atoms with van der Waals surface area (Å²) in [6, 6.07) is 0. The number of benzene rings is 1. The first-order valence-corrected chi connectivity index (χ1v) is 6.11. The average Bonchev–Trinajstić information content (AvgIpc) is 2.36. The predicted molar refractivity (Wildman–Crippen MR) is 65.7 cm³/mol. The van der Waals surface area contributed by atoms with Crippen LogP contribution in [0.25, 0.3) is 0 Å². The summed E-state index contributed by atoms with van der Waals surface area (Å²) < 4.78 is 65.3. The van der Waals surface area contributed by atoms with Crippen molar-refractivity contribution in [1.82, 2.24) is 10.6 Å². The maximum atomic E-state index is 13.3. The molecule has 0 bridgehead atoms. The molecule has 0 atom stereocenters. The highest BCUT2D eigenvalue weighted by Gasteiger charge is 2.25. The van der Waals surface area contributed by atoms with E-state index in [0.717, 1.165) is 0 Å². The van der Waals surface area contributed by atoms with E-state index in [4.69, 9.17) is 0 Å². The van der Waals surface area contributed by atoms with E-state index in [1.54, 1.807) is 0 Å². The summed E-state index contributed by atoms with van der Waals surface area (Å²) in [7, 11) is 0. The van der Waals surface area contributed by atoms with E-state index in [0.29, 0.717) is 13.1 Å². The van der Waals surface area contributed by atoms with Gasteiger partial charge in [-0.25, -0.2) is 22.0 Å². The zero-order valence-electron chi connectivity index (χ0n) is 11.5. The van der Waals surface area contributed by atoms with Crippen molar-refractivity contribution in [2.45, 2.75) is 32.9 Å².